The van der Waals surface area contributed by atoms with Gasteiger partial charge in [0, 0.05) is 22.5 Å². The number of amides is 1. The number of thiazole rings is 1. The van der Waals surface area contributed by atoms with Crippen molar-refractivity contribution < 1.29 is 23.8 Å². The zero-order valence-corrected chi connectivity index (χ0v) is 18.6. The van der Waals surface area contributed by atoms with Crippen LogP contribution in [0.5, 0.6) is 11.5 Å². The lowest BCUT2D eigenvalue weighted by atomic mass is 10.1. The second-order valence-corrected chi connectivity index (χ2v) is 7.70. The van der Waals surface area contributed by atoms with E-state index in [0.29, 0.717) is 34.5 Å². The molecule has 1 N–H and O–H groups in total. The summed E-state index contributed by atoms with van der Waals surface area (Å²) < 4.78 is 15.5. The molecule has 0 aliphatic heterocycles. The Kier molecular flexibility index (Phi) is 7.86. The van der Waals surface area contributed by atoms with Crippen LogP contribution < -0.4 is 14.8 Å². The van der Waals surface area contributed by atoms with Gasteiger partial charge in [-0.05, 0) is 36.2 Å². The van der Waals surface area contributed by atoms with Gasteiger partial charge in [0.05, 0.1) is 14.2 Å². The van der Waals surface area contributed by atoms with Crippen molar-refractivity contribution in [1.29, 1.82) is 0 Å². The first kappa shape index (κ1) is 22.6. The maximum Gasteiger partial charge on any atom is 0.358 e. The highest BCUT2D eigenvalue weighted by molar-refractivity contribution is 7.13. The minimum atomic E-state index is -0.647. The van der Waals surface area contributed by atoms with Gasteiger partial charge in [-0.2, -0.15) is 0 Å². The van der Waals surface area contributed by atoms with Crippen molar-refractivity contribution in [3.05, 3.63) is 64.1 Å². The summed E-state index contributed by atoms with van der Waals surface area (Å²) in [6.45, 7) is 0.0157. The van der Waals surface area contributed by atoms with Crippen LogP contribution in [0.15, 0.2) is 47.8 Å². The Labute approximate surface area is 188 Å². The number of nitrogens with one attached hydrogen (secondary N) is 1. The third-order valence-corrected chi connectivity index (χ3v) is 5.47. The topological polar surface area (TPSA) is 86.8 Å². The standard InChI is InChI=1S/C22H21ClN2O5S/c1-28-18-8-3-14(11-19(18)29-2)9-10-24-20(26)12-30-22(27)17-13-31-21(25-17)15-4-6-16(23)7-5-15/h3-8,11,13H,9-10,12H2,1-2H3,(H,24,26). The second-order valence-electron chi connectivity index (χ2n) is 6.41. The van der Waals surface area contributed by atoms with Crippen molar-refractivity contribution in [2.45, 2.75) is 6.42 Å². The van der Waals surface area contributed by atoms with Crippen LogP contribution in [-0.2, 0) is 16.0 Å². The molecule has 0 fully saturated rings. The molecule has 162 valence electrons. The molecular weight excluding hydrogens is 440 g/mol. The molecule has 0 aliphatic carbocycles. The van der Waals surface area contributed by atoms with Crippen LogP contribution >= 0.6 is 22.9 Å². The van der Waals surface area contributed by atoms with Crippen LogP contribution in [0.3, 0.4) is 0 Å². The first-order chi connectivity index (χ1) is 15.0. The van der Waals surface area contributed by atoms with Crippen LogP contribution in [0.25, 0.3) is 10.6 Å². The fraction of sp³-hybridized carbons (Fsp3) is 0.227. The molecule has 3 aromatic rings. The molecule has 1 aromatic heterocycles. The number of hydrogen-bond donors (Lipinski definition) is 1. The number of halogens is 1. The Balaban J connectivity index is 1.44. The van der Waals surface area contributed by atoms with Gasteiger partial charge < -0.3 is 19.5 Å². The maximum atomic E-state index is 12.2. The van der Waals surface area contributed by atoms with E-state index in [2.05, 4.69) is 10.3 Å². The normalized spacial score (nSPS) is 10.4. The molecule has 0 radical (unpaired) electrons. The van der Waals surface area contributed by atoms with Crippen LogP contribution in [0.1, 0.15) is 16.1 Å². The molecule has 0 aliphatic rings. The van der Waals surface area contributed by atoms with Gasteiger partial charge in [0.2, 0.25) is 0 Å². The average Bonchev–Trinajstić information content (AvgIpc) is 3.28. The Morgan fingerprint density at radius 2 is 1.81 bits per heavy atom. The van der Waals surface area contributed by atoms with E-state index in [1.165, 1.54) is 11.3 Å². The predicted octanol–water partition coefficient (Wildman–Crippen LogP) is 4.00. The summed E-state index contributed by atoms with van der Waals surface area (Å²) in [5.41, 5.74) is 1.99. The van der Waals surface area contributed by atoms with Gasteiger partial charge >= 0.3 is 5.97 Å². The van der Waals surface area contributed by atoms with Crippen molar-refractivity contribution in [1.82, 2.24) is 10.3 Å². The second kappa shape index (κ2) is 10.8. The average molecular weight is 461 g/mol. The van der Waals surface area contributed by atoms with Crippen LogP contribution in [0, 0.1) is 0 Å². The summed E-state index contributed by atoms with van der Waals surface area (Å²) >= 11 is 7.20. The third kappa shape index (κ3) is 6.19. The number of nitrogens with zero attached hydrogens (tertiary/aromatic N) is 1. The zero-order chi connectivity index (χ0) is 22.2. The van der Waals surface area contributed by atoms with Crippen LogP contribution in [-0.4, -0.2) is 44.2 Å². The highest BCUT2D eigenvalue weighted by atomic mass is 35.5. The molecule has 1 heterocycles. The highest BCUT2D eigenvalue weighted by Crippen LogP contribution is 2.27. The van der Waals surface area contributed by atoms with E-state index in [1.807, 2.05) is 30.3 Å². The fourth-order valence-corrected chi connectivity index (χ4v) is 3.65. The van der Waals surface area contributed by atoms with Gasteiger partial charge in [-0.15, -0.1) is 11.3 Å². The number of hydrogen-bond acceptors (Lipinski definition) is 7. The lowest BCUT2D eigenvalue weighted by Crippen LogP contribution is -2.30. The van der Waals surface area contributed by atoms with Gasteiger partial charge in [-0.1, -0.05) is 29.8 Å². The van der Waals surface area contributed by atoms with E-state index in [-0.39, 0.29) is 18.2 Å². The Bertz CT molecular complexity index is 1050. The first-order valence-electron chi connectivity index (χ1n) is 9.36. The molecule has 2 aromatic carbocycles. The molecule has 0 spiro atoms. The van der Waals surface area contributed by atoms with Gasteiger partial charge in [0.25, 0.3) is 5.91 Å². The number of esters is 1. The van der Waals surface area contributed by atoms with Crippen molar-refractivity contribution in [2.75, 3.05) is 27.4 Å². The van der Waals surface area contributed by atoms with E-state index < -0.39 is 5.97 Å². The Morgan fingerprint density at radius 1 is 1.06 bits per heavy atom. The van der Waals surface area contributed by atoms with E-state index in [9.17, 15) is 9.59 Å². The lowest BCUT2D eigenvalue weighted by molar-refractivity contribution is -0.124. The van der Waals surface area contributed by atoms with E-state index in [0.717, 1.165) is 11.1 Å². The monoisotopic (exact) mass is 460 g/mol. The molecule has 0 atom stereocenters. The van der Waals surface area contributed by atoms with Gasteiger partial charge in [0.1, 0.15) is 5.01 Å². The number of ether oxygens (including phenoxy) is 3. The molecule has 9 heteroatoms. The molecule has 1 amide bonds. The molecule has 0 saturated carbocycles. The van der Waals surface area contributed by atoms with E-state index >= 15 is 0 Å². The molecule has 7 nitrogen and oxygen atoms in total. The smallest absolute Gasteiger partial charge is 0.358 e. The largest absolute Gasteiger partial charge is 0.493 e. The number of rotatable bonds is 9. The summed E-state index contributed by atoms with van der Waals surface area (Å²) in [6, 6.07) is 12.7. The van der Waals surface area contributed by atoms with Gasteiger partial charge in [-0.25, -0.2) is 9.78 Å². The quantitative estimate of drug-likeness (QED) is 0.486. The van der Waals surface area contributed by atoms with Crippen molar-refractivity contribution in [3.8, 4) is 22.1 Å². The number of carbonyl (C=O) groups is 2. The summed E-state index contributed by atoms with van der Waals surface area (Å²) in [5.74, 6) is 0.235. The molecule has 0 saturated heterocycles. The summed E-state index contributed by atoms with van der Waals surface area (Å²) in [5, 5.41) is 5.61. The summed E-state index contributed by atoms with van der Waals surface area (Å²) in [4.78, 5) is 28.4. The number of aromatic nitrogens is 1. The number of methoxy groups -OCH3 is 2. The Hall–Kier alpha value is -3.10. The molecule has 0 unspecified atom stereocenters. The fourth-order valence-electron chi connectivity index (χ4n) is 2.73. The predicted molar refractivity (Wildman–Crippen MR) is 119 cm³/mol. The molecule has 31 heavy (non-hydrogen) atoms. The van der Waals surface area contributed by atoms with Crippen LogP contribution in [0.2, 0.25) is 5.02 Å². The molecule has 0 bridgehead atoms. The highest BCUT2D eigenvalue weighted by Gasteiger charge is 2.15. The van der Waals surface area contributed by atoms with Crippen molar-refractivity contribution >= 4 is 34.8 Å². The van der Waals surface area contributed by atoms with Crippen molar-refractivity contribution in [2.24, 2.45) is 0 Å². The van der Waals surface area contributed by atoms with Crippen LogP contribution in [0.4, 0.5) is 0 Å². The summed E-state index contributed by atoms with van der Waals surface area (Å²) in [6.07, 6.45) is 0.594. The minimum Gasteiger partial charge on any atom is -0.493 e. The lowest BCUT2D eigenvalue weighted by Gasteiger charge is -2.10. The zero-order valence-electron chi connectivity index (χ0n) is 17.0. The van der Waals surface area contributed by atoms with Gasteiger partial charge in [-0.3, -0.25) is 4.79 Å². The minimum absolute atomic E-state index is 0.160. The van der Waals surface area contributed by atoms with Gasteiger partial charge in [0.15, 0.2) is 23.8 Å². The SMILES string of the molecule is COc1ccc(CCNC(=O)COC(=O)c2csc(-c3ccc(Cl)cc3)n2)cc1OC. The van der Waals surface area contributed by atoms with Crippen molar-refractivity contribution in [3.63, 3.8) is 0 Å². The Morgan fingerprint density at radius 3 is 2.52 bits per heavy atom. The van der Waals surface area contributed by atoms with E-state index in [4.69, 9.17) is 25.8 Å². The first-order valence-corrected chi connectivity index (χ1v) is 10.6. The number of benzene rings is 2. The van der Waals surface area contributed by atoms with E-state index in [1.54, 1.807) is 31.7 Å². The molecular formula is C22H21ClN2O5S. The summed E-state index contributed by atoms with van der Waals surface area (Å²) in [7, 11) is 3.14. The third-order valence-electron chi connectivity index (χ3n) is 4.32. The maximum absolute atomic E-state index is 12.2. The number of carbonyl (C=O) groups excluding carboxylic acids is 2. The molecule has 3 rings (SSSR count).